The van der Waals surface area contributed by atoms with Crippen molar-refractivity contribution in [3.63, 3.8) is 0 Å². The summed E-state index contributed by atoms with van der Waals surface area (Å²) in [4.78, 5) is 8.36. The second-order valence-electron chi connectivity index (χ2n) is 0.686. The fraction of sp³-hybridized carbons (Fsp3) is 0. The van der Waals surface area contributed by atoms with Crippen LogP contribution in [0.15, 0.2) is 0 Å². The fourth-order valence-electron chi connectivity index (χ4n) is 0. The molecule has 0 aliphatic carbocycles. The Bertz CT molecular complexity index is 161. The summed E-state index contributed by atoms with van der Waals surface area (Å²) in [7, 11) is -4.67. The zero-order valence-electron chi connectivity index (χ0n) is 5.83. The van der Waals surface area contributed by atoms with Gasteiger partial charge >= 0.3 is 40.0 Å². The molecule has 0 amide bonds. The first-order valence-electron chi connectivity index (χ1n) is 1.26. The zero-order valence-corrected chi connectivity index (χ0v) is 7.65. The predicted molar refractivity (Wildman–Crippen MR) is 24.1 cm³/mol. The molecule has 58 valence electrons. The Hall–Kier alpha value is 0.0700. The van der Waals surface area contributed by atoms with Gasteiger partial charge in [0.15, 0.2) is 0 Å². The molecule has 0 radical (unpaired) electrons. The van der Waals surface area contributed by atoms with Gasteiger partial charge in [-0.15, -0.1) is 10.1 Å². The molecule has 0 aromatic carbocycles. The van der Waals surface area contributed by atoms with Crippen molar-refractivity contribution < 1.29 is 58.8 Å². The van der Waals surface area contributed by atoms with Crippen molar-refractivity contribution in [3.05, 3.63) is 10.1 Å². The molecule has 0 aromatic rings. The Kier molecular flexibility index (Phi) is 11.9. The van der Waals surface area contributed by atoms with E-state index in [9.17, 15) is 0 Å². The van der Waals surface area contributed by atoms with Crippen LogP contribution in [-0.4, -0.2) is 27.8 Å². The first kappa shape index (κ1) is 16.6. The van der Waals surface area contributed by atoms with Gasteiger partial charge in [-0.3, -0.25) is 9.11 Å². The van der Waals surface area contributed by atoms with Crippen LogP contribution in [-0.2, 0) is 10.4 Å². The van der Waals surface area contributed by atoms with Crippen LogP contribution in [0.3, 0.4) is 0 Å². The van der Waals surface area contributed by atoms with Crippen molar-refractivity contribution in [2.75, 3.05) is 0 Å². The average molecular weight is 185 g/mol. The minimum Gasteiger partial charge on any atom is -1.00 e. The molecule has 0 aliphatic heterocycles. The zero-order chi connectivity index (χ0) is 8.08. The molecule has 10 heteroatoms. The Labute approximate surface area is 79.3 Å². The minimum atomic E-state index is -4.67. The van der Waals surface area contributed by atoms with E-state index in [-0.39, 0.29) is 31.0 Å². The molecule has 10 heavy (non-hydrogen) atoms. The van der Waals surface area contributed by atoms with Gasteiger partial charge < -0.3 is 6.63 Å². The van der Waals surface area contributed by atoms with Gasteiger partial charge in [0.2, 0.25) is 0 Å². The maximum absolute atomic E-state index is 8.74. The van der Waals surface area contributed by atoms with Crippen LogP contribution in [0.1, 0.15) is 1.43 Å². The SMILES string of the molecule is O=S(=O)(O)O.O=[N+]([O-])O.[H-].[Na+]. The summed E-state index contributed by atoms with van der Waals surface area (Å²) in [5.41, 5.74) is 0. The largest absolute Gasteiger partial charge is 1.00 e. The first-order valence-corrected chi connectivity index (χ1v) is 2.66. The number of hydrogen-bond acceptors (Lipinski definition) is 4. The van der Waals surface area contributed by atoms with Crippen molar-refractivity contribution in [1.82, 2.24) is 0 Å². The Balaban J connectivity index is -0.0000000383. The summed E-state index contributed by atoms with van der Waals surface area (Å²) in [5.74, 6) is 0. The molecule has 0 heterocycles. The fourth-order valence-corrected chi connectivity index (χ4v) is 0. The van der Waals surface area contributed by atoms with E-state index >= 15 is 0 Å². The predicted octanol–water partition coefficient (Wildman–Crippen LogP) is -3.88. The molecule has 8 nitrogen and oxygen atoms in total. The van der Waals surface area contributed by atoms with Crippen molar-refractivity contribution >= 4 is 10.4 Å². The number of hydrogen-bond donors (Lipinski definition) is 3. The molecule has 0 fully saturated rings. The molecule has 0 spiro atoms. The van der Waals surface area contributed by atoms with Crippen LogP contribution in [0.5, 0.6) is 0 Å². The number of rotatable bonds is 0. The van der Waals surface area contributed by atoms with Gasteiger partial charge in [-0.1, -0.05) is 0 Å². The maximum atomic E-state index is 8.74. The van der Waals surface area contributed by atoms with Crippen molar-refractivity contribution in [3.8, 4) is 0 Å². The van der Waals surface area contributed by atoms with Crippen molar-refractivity contribution in [2.45, 2.75) is 0 Å². The molecule has 0 saturated heterocycles. The summed E-state index contributed by atoms with van der Waals surface area (Å²) in [6.45, 7) is 0. The summed E-state index contributed by atoms with van der Waals surface area (Å²) in [6, 6.07) is 0. The van der Waals surface area contributed by atoms with Gasteiger partial charge in [0.05, 0.1) is 0 Å². The van der Waals surface area contributed by atoms with E-state index in [1.807, 2.05) is 0 Å². The van der Waals surface area contributed by atoms with Gasteiger partial charge in [0.1, 0.15) is 0 Å². The van der Waals surface area contributed by atoms with E-state index in [4.69, 9.17) is 32.8 Å². The Morgan fingerprint density at radius 1 is 1.40 bits per heavy atom. The summed E-state index contributed by atoms with van der Waals surface area (Å²) < 4.78 is 31.6. The van der Waals surface area contributed by atoms with Crippen LogP contribution < -0.4 is 29.6 Å². The van der Waals surface area contributed by atoms with E-state index in [1.165, 1.54) is 0 Å². The Morgan fingerprint density at radius 3 is 1.40 bits per heavy atom. The third kappa shape index (κ3) is 82300. The van der Waals surface area contributed by atoms with E-state index in [1.54, 1.807) is 0 Å². The molecule has 0 saturated carbocycles. The van der Waals surface area contributed by atoms with Crippen LogP contribution in [0, 0.1) is 10.1 Å². The Morgan fingerprint density at radius 2 is 1.40 bits per heavy atom. The van der Waals surface area contributed by atoms with E-state index in [2.05, 4.69) is 0 Å². The molecular formula is H4NNaO7S. The molecular weight excluding hydrogens is 181 g/mol. The van der Waals surface area contributed by atoms with Gasteiger partial charge in [0.25, 0.3) is 5.09 Å². The third-order valence-electron chi connectivity index (χ3n) is 0. The van der Waals surface area contributed by atoms with Gasteiger partial charge in [-0.2, -0.15) is 8.42 Å². The standard InChI is InChI=1S/HNO3.Na.H2O4S.H/c2-1(3)4;;1-5(2,3)4;/h(H,2,3,4);;(H2,1,2,3,4);/q;+1;;-1. The van der Waals surface area contributed by atoms with E-state index in [0.717, 1.165) is 0 Å². The molecule has 0 aromatic heterocycles. The van der Waals surface area contributed by atoms with Crippen LogP contribution >= 0.6 is 0 Å². The topological polar surface area (TPSA) is 138 Å². The second-order valence-corrected chi connectivity index (χ2v) is 1.58. The van der Waals surface area contributed by atoms with Gasteiger partial charge in [-0.05, 0) is 0 Å². The van der Waals surface area contributed by atoms with Crippen molar-refractivity contribution in [1.29, 1.82) is 0 Å². The summed E-state index contributed by atoms with van der Waals surface area (Å²) in [5, 5.41) is 13.6. The van der Waals surface area contributed by atoms with Gasteiger partial charge in [-0.25, -0.2) is 0 Å². The monoisotopic (exact) mass is 185 g/mol. The molecule has 0 atom stereocenters. The van der Waals surface area contributed by atoms with E-state index in [0.29, 0.717) is 0 Å². The normalized spacial score (nSPS) is 8.20. The molecule has 0 aliphatic rings. The summed E-state index contributed by atoms with van der Waals surface area (Å²) in [6.07, 6.45) is 0. The molecule has 3 N–H and O–H groups in total. The second kappa shape index (κ2) is 7.18. The third-order valence-corrected chi connectivity index (χ3v) is 0. The smallest absolute Gasteiger partial charge is 1.00 e. The average Bonchev–Trinajstić information content (AvgIpc) is 1.19. The quantitative estimate of drug-likeness (QED) is 0.152. The molecule has 0 bridgehead atoms. The van der Waals surface area contributed by atoms with Gasteiger partial charge in [0, 0.05) is 0 Å². The maximum Gasteiger partial charge on any atom is 1.00 e. The van der Waals surface area contributed by atoms with Crippen molar-refractivity contribution in [2.24, 2.45) is 0 Å². The van der Waals surface area contributed by atoms with E-state index < -0.39 is 15.5 Å². The minimum absolute atomic E-state index is 0. The van der Waals surface area contributed by atoms with Crippen LogP contribution in [0.25, 0.3) is 0 Å². The summed E-state index contributed by atoms with van der Waals surface area (Å²) >= 11 is 0. The van der Waals surface area contributed by atoms with Crippen LogP contribution in [0.2, 0.25) is 0 Å². The first-order chi connectivity index (χ1) is 3.73. The molecule has 0 rings (SSSR count). The number of nitrogens with zero attached hydrogens (tertiary/aromatic N) is 1. The molecule has 0 unspecified atom stereocenters. The van der Waals surface area contributed by atoms with Crippen LogP contribution in [0.4, 0.5) is 0 Å².